The van der Waals surface area contributed by atoms with E-state index in [-0.39, 0.29) is 9.76 Å². The molecular weight excluding hydrogens is 104 g/mol. The Labute approximate surface area is 47.0 Å². The van der Waals surface area contributed by atoms with Gasteiger partial charge >= 0.3 is 0 Å². The molecule has 0 radical (unpaired) electrons. The molecule has 0 aromatic rings. The van der Waals surface area contributed by atoms with E-state index in [0.717, 1.165) is 6.61 Å². The molecule has 1 nitrogen and oxygen atoms in total. The van der Waals surface area contributed by atoms with E-state index >= 15 is 0 Å². The fourth-order valence-corrected chi connectivity index (χ4v) is 2.03. The van der Waals surface area contributed by atoms with Gasteiger partial charge in [0.2, 0.25) is 0 Å². The van der Waals surface area contributed by atoms with Crippen molar-refractivity contribution >= 4 is 9.76 Å². The van der Waals surface area contributed by atoms with Crippen LogP contribution in [0.1, 0.15) is 19.3 Å². The summed E-state index contributed by atoms with van der Waals surface area (Å²) in [7, 11) is -0.0262. The predicted molar refractivity (Wildman–Crippen MR) is 33.2 cm³/mol. The molecule has 42 valence electrons. The van der Waals surface area contributed by atoms with Crippen LogP contribution in [0.2, 0.25) is 6.04 Å². The first-order valence-corrected chi connectivity index (χ1v) is 4.65. The molecule has 1 aliphatic heterocycles. The highest BCUT2D eigenvalue weighted by atomic mass is 28.2. The Morgan fingerprint density at radius 1 is 1.14 bits per heavy atom. The summed E-state index contributed by atoms with van der Waals surface area (Å²) in [4.78, 5) is 0. The lowest BCUT2D eigenvalue weighted by Crippen LogP contribution is -1.93. The summed E-state index contributed by atoms with van der Waals surface area (Å²) in [5.74, 6) is 0. The highest BCUT2D eigenvalue weighted by Gasteiger charge is 1.96. The van der Waals surface area contributed by atoms with Gasteiger partial charge in [0.25, 0.3) is 0 Å². The van der Waals surface area contributed by atoms with Crippen LogP contribution in [0.15, 0.2) is 0 Å². The molecule has 1 saturated heterocycles. The van der Waals surface area contributed by atoms with Crippen molar-refractivity contribution in [2.24, 2.45) is 0 Å². The Balaban J connectivity index is 2.04. The Morgan fingerprint density at radius 2 is 2.14 bits per heavy atom. The van der Waals surface area contributed by atoms with E-state index in [1.165, 1.54) is 25.3 Å². The van der Waals surface area contributed by atoms with E-state index in [1.807, 2.05) is 0 Å². The summed E-state index contributed by atoms with van der Waals surface area (Å²) in [6, 6.07) is 1.42. The monoisotopic (exact) mass is 116 g/mol. The molecule has 0 aromatic carbocycles. The summed E-state index contributed by atoms with van der Waals surface area (Å²) < 4.78 is 5.33. The smallest absolute Gasteiger partial charge is 0.161 e. The van der Waals surface area contributed by atoms with E-state index < -0.39 is 0 Å². The summed E-state index contributed by atoms with van der Waals surface area (Å²) >= 11 is 0. The van der Waals surface area contributed by atoms with Crippen LogP contribution in [0.25, 0.3) is 0 Å². The Morgan fingerprint density at radius 3 is 3.14 bits per heavy atom. The van der Waals surface area contributed by atoms with Crippen molar-refractivity contribution in [3.63, 3.8) is 0 Å². The Bertz CT molecular complexity index is 27.7. The lowest BCUT2D eigenvalue weighted by atomic mass is 10.3. The van der Waals surface area contributed by atoms with E-state index in [4.69, 9.17) is 4.43 Å². The molecule has 0 N–H and O–H groups in total. The van der Waals surface area contributed by atoms with Crippen LogP contribution in [0.4, 0.5) is 0 Å². The Hall–Kier alpha value is 0.177. The molecule has 0 spiro atoms. The van der Waals surface area contributed by atoms with Crippen molar-refractivity contribution in [1.29, 1.82) is 0 Å². The molecule has 1 aliphatic rings. The van der Waals surface area contributed by atoms with Crippen LogP contribution in [-0.2, 0) is 4.43 Å². The van der Waals surface area contributed by atoms with Crippen molar-refractivity contribution < 1.29 is 4.43 Å². The average Bonchev–Trinajstić information content (AvgIpc) is 1.90. The molecule has 7 heavy (non-hydrogen) atoms. The zero-order valence-corrected chi connectivity index (χ0v) is 6.07. The molecule has 0 amide bonds. The number of hydrogen-bond acceptors (Lipinski definition) is 1. The van der Waals surface area contributed by atoms with Gasteiger partial charge in [0.1, 0.15) is 0 Å². The third-order valence-corrected chi connectivity index (χ3v) is 2.69. The highest BCUT2D eigenvalue weighted by molar-refractivity contribution is 6.27. The third kappa shape index (κ3) is 2.09. The first kappa shape index (κ1) is 5.32. The summed E-state index contributed by atoms with van der Waals surface area (Å²) in [5.41, 5.74) is 0. The van der Waals surface area contributed by atoms with Crippen LogP contribution in [0.3, 0.4) is 0 Å². The summed E-state index contributed by atoms with van der Waals surface area (Å²) in [5, 5.41) is 0. The Kier molecular flexibility index (Phi) is 2.44. The first-order chi connectivity index (χ1) is 3.50. The van der Waals surface area contributed by atoms with Crippen molar-refractivity contribution in [2.45, 2.75) is 25.3 Å². The molecule has 0 aromatic heterocycles. The fourth-order valence-electron chi connectivity index (χ4n) is 0.864. The first-order valence-electron chi connectivity index (χ1n) is 3.08. The molecule has 1 heterocycles. The normalized spacial score (nSPS) is 27.4. The molecule has 0 saturated carbocycles. The predicted octanol–water partition coefficient (Wildman–Crippen LogP) is 0.689. The molecule has 1 fully saturated rings. The second-order valence-electron chi connectivity index (χ2n) is 2.03. The summed E-state index contributed by atoms with van der Waals surface area (Å²) in [6.07, 6.45) is 4.16. The maximum Gasteiger partial charge on any atom is 0.161 e. The van der Waals surface area contributed by atoms with Gasteiger partial charge < -0.3 is 4.43 Å². The van der Waals surface area contributed by atoms with E-state index in [2.05, 4.69) is 0 Å². The van der Waals surface area contributed by atoms with Crippen LogP contribution in [0.5, 0.6) is 0 Å². The average molecular weight is 116 g/mol. The zero-order chi connectivity index (χ0) is 4.95. The van der Waals surface area contributed by atoms with Gasteiger partial charge in [-0.15, -0.1) is 0 Å². The van der Waals surface area contributed by atoms with Gasteiger partial charge in [-0.2, -0.15) is 0 Å². The lowest BCUT2D eigenvalue weighted by molar-refractivity contribution is 0.336. The van der Waals surface area contributed by atoms with Crippen molar-refractivity contribution in [1.82, 2.24) is 0 Å². The van der Waals surface area contributed by atoms with Gasteiger partial charge in [-0.25, -0.2) is 0 Å². The molecule has 0 aliphatic carbocycles. The van der Waals surface area contributed by atoms with Crippen molar-refractivity contribution in [3.05, 3.63) is 0 Å². The van der Waals surface area contributed by atoms with Crippen LogP contribution >= 0.6 is 0 Å². The topological polar surface area (TPSA) is 9.23 Å². The quantitative estimate of drug-likeness (QED) is 0.423. The minimum atomic E-state index is -0.0262. The van der Waals surface area contributed by atoms with Crippen LogP contribution in [0, 0.1) is 0 Å². The molecular formula is C5H12OSi. The number of hydrogen-bond donors (Lipinski definition) is 0. The van der Waals surface area contributed by atoms with Gasteiger partial charge in [-0.1, -0.05) is 12.8 Å². The van der Waals surface area contributed by atoms with Crippen molar-refractivity contribution in [2.75, 3.05) is 6.61 Å². The lowest BCUT2D eigenvalue weighted by Gasteiger charge is -1.91. The van der Waals surface area contributed by atoms with Gasteiger partial charge in [-0.05, 0) is 12.5 Å². The molecule has 2 heteroatoms. The van der Waals surface area contributed by atoms with E-state index in [9.17, 15) is 0 Å². The maximum atomic E-state index is 5.33. The summed E-state index contributed by atoms with van der Waals surface area (Å²) in [6.45, 7) is 1.06. The fraction of sp³-hybridized carbons (Fsp3) is 1.00. The van der Waals surface area contributed by atoms with Gasteiger partial charge in [0.15, 0.2) is 9.76 Å². The second-order valence-corrected chi connectivity index (χ2v) is 3.55. The molecule has 0 atom stereocenters. The zero-order valence-electron chi connectivity index (χ0n) is 4.65. The van der Waals surface area contributed by atoms with Gasteiger partial charge in [0.05, 0.1) is 0 Å². The maximum absolute atomic E-state index is 5.33. The minimum absolute atomic E-state index is 0.0262. The van der Waals surface area contributed by atoms with E-state index in [0.29, 0.717) is 0 Å². The van der Waals surface area contributed by atoms with E-state index in [1.54, 1.807) is 0 Å². The number of rotatable bonds is 0. The highest BCUT2D eigenvalue weighted by Crippen LogP contribution is 2.04. The van der Waals surface area contributed by atoms with Crippen molar-refractivity contribution in [3.8, 4) is 0 Å². The molecule has 0 bridgehead atoms. The van der Waals surface area contributed by atoms with Gasteiger partial charge in [0, 0.05) is 6.61 Å². The standard InChI is InChI=1S/C5H12OSi/c1-2-4-6-7-5-3-1/h1-5,7H2. The second kappa shape index (κ2) is 3.21. The molecule has 0 unspecified atom stereocenters. The SMILES string of the molecule is C1CCO[SiH2]CC1. The third-order valence-electron chi connectivity index (χ3n) is 1.33. The molecule has 1 rings (SSSR count). The minimum Gasteiger partial charge on any atom is -0.424 e. The largest absolute Gasteiger partial charge is 0.424 e. The van der Waals surface area contributed by atoms with Gasteiger partial charge in [-0.3, -0.25) is 0 Å². The van der Waals surface area contributed by atoms with Crippen LogP contribution in [-0.4, -0.2) is 16.4 Å². The van der Waals surface area contributed by atoms with Crippen LogP contribution < -0.4 is 0 Å².